The summed E-state index contributed by atoms with van der Waals surface area (Å²) < 4.78 is 5.96. The maximum Gasteiger partial charge on any atom is 0.325 e. The van der Waals surface area contributed by atoms with Gasteiger partial charge in [0.15, 0.2) is 0 Å². The highest BCUT2D eigenvalue weighted by molar-refractivity contribution is 6.01. The molecule has 1 aliphatic rings. The van der Waals surface area contributed by atoms with E-state index >= 15 is 0 Å². The molecule has 0 bridgehead atoms. The first-order chi connectivity index (χ1) is 13.2. The van der Waals surface area contributed by atoms with E-state index in [9.17, 15) is 9.59 Å². The van der Waals surface area contributed by atoms with E-state index in [-0.39, 0.29) is 18.6 Å². The number of nitrogens with zero attached hydrogens (tertiary/aromatic N) is 1. The van der Waals surface area contributed by atoms with Crippen molar-refractivity contribution in [3.63, 3.8) is 0 Å². The summed E-state index contributed by atoms with van der Waals surface area (Å²) in [6.07, 6.45) is 1.98. The van der Waals surface area contributed by atoms with Crippen LogP contribution in [0, 0.1) is 0 Å². The van der Waals surface area contributed by atoms with Crippen molar-refractivity contribution in [1.82, 2.24) is 10.2 Å². The molecule has 0 spiro atoms. The normalized spacial score (nSPS) is 15.3. The lowest BCUT2D eigenvalue weighted by Crippen LogP contribution is -2.45. The van der Waals surface area contributed by atoms with Gasteiger partial charge in [-0.05, 0) is 30.5 Å². The van der Waals surface area contributed by atoms with E-state index in [1.807, 2.05) is 41.3 Å². The molecule has 1 saturated heterocycles. The quantitative estimate of drug-likeness (QED) is 0.823. The van der Waals surface area contributed by atoms with Crippen molar-refractivity contribution in [2.45, 2.75) is 25.6 Å². The maximum absolute atomic E-state index is 12.1. The molecule has 2 aromatic carbocycles. The molecule has 0 aromatic heterocycles. The fourth-order valence-corrected chi connectivity index (χ4v) is 3.08. The minimum Gasteiger partial charge on any atom is -0.373 e. The van der Waals surface area contributed by atoms with Gasteiger partial charge in [-0.2, -0.15) is 0 Å². The van der Waals surface area contributed by atoms with Gasteiger partial charge in [0.2, 0.25) is 5.91 Å². The van der Waals surface area contributed by atoms with E-state index in [0.29, 0.717) is 12.3 Å². The number of anilines is 1. The van der Waals surface area contributed by atoms with Gasteiger partial charge < -0.3 is 10.1 Å². The molecule has 0 atom stereocenters. The van der Waals surface area contributed by atoms with Gasteiger partial charge in [-0.3, -0.25) is 15.0 Å². The van der Waals surface area contributed by atoms with Crippen LogP contribution in [-0.2, 0) is 16.1 Å². The average Bonchev–Trinajstić information content (AvgIpc) is 2.69. The zero-order valence-electron chi connectivity index (χ0n) is 15.3. The largest absolute Gasteiger partial charge is 0.373 e. The van der Waals surface area contributed by atoms with E-state index in [1.165, 1.54) is 5.56 Å². The minimum absolute atomic E-state index is 0.214. The van der Waals surface area contributed by atoms with Crippen LogP contribution in [0.4, 0.5) is 10.5 Å². The number of imide groups is 1. The number of piperidine rings is 1. The van der Waals surface area contributed by atoms with Gasteiger partial charge >= 0.3 is 6.03 Å². The summed E-state index contributed by atoms with van der Waals surface area (Å²) >= 11 is 0. The summed E-state index contributed by atoms with van der Waals surface area (Å²) in [4.78, 5) is 26.0. The van der Waals surface area contributed by atoms with Crippen molar-refractivity contribution in [1.29, 1.82) is 0 Å². The smallest absolute Gasteiger partial charge is 0.325 e. The summed E-state index contributed by atoms with van der Waals surface area (Å²) in [5.41, 5.74) is 1.82. The highest BCUT2D eigenvalue weighted by Crippen LogP contribution is 2.15. The molecule has 6 nitrogen and oxygen atoms in total. The van der Waals surface area contributed by atoms with E-state index in [0.717, 1.165) is 25.9 Å². The van der Waals surface area contributed by atoms with Crippen LogP contribution in [0.3, 0.4) is 0 Å². The van der Waals surface area contributed by atoms with Gasteiger partial charge in [0, 0.05) is 18.8 Å². The third-order valence-electron chi connectivity index (χ3n) is 4.51. The Morgan fingerprint density at radius 1 is 0.963 bits per heavy atom. The molecule has 1 heterocycles. The van der Waals surface area contributed by atoms with Gasteiger partial charge in [-0.15, -0.1) is 0 Å². The lowest BCUT2D eigenvalue weighted by molar-refractivity contribution is -0.121. The zero-order chi connectivity index (χ0) is 18.9. The highest BCUT2D eigenvalue weighted by atomic mass is 16.5. The molecular formula is C21H25N3O3. The number of nitrogens with one attached hydrogen (secondary N) is 2. The molecule has 3 amide bonds. The molecule has 3 rings (SSSR count). The number of ether oxygens (including phenoxy) is 1. The van der Waals surface area contributed by atoms with Crippen molar-refractivity contribution in [2.75, 3.05) is 25.0 Å². The number of rotatable bonds is 6. The first-order valence-corrected chi connectivity index (χ1v) is 9.23. The number of hydrogen-bond donors (Lipinski definition) is 2. The van der Waals surface area contributed by atoms with E-state index in [2.05, 4.69) is 22.8 Å². The molecule has 2 N–H and O–H groups in total. The van der Waals surface area contributed by atoms with Crippen LogP contribution in [0.15, 0.2) is 60.7 Å². The third kappa shape index (κ3) is 6.51. The predicted molar refractivity (Wildman–Crippen MR) is 104 cm³/mol. The van der Waals surface area contributed by atoms with Gasteiger partial charge in [0.25, 0.3) is 0 Å². The van der Waals surface area contributed by atoms with Crippen molar-refractivity contribution in [3.8, 4) is 0 Å². The maximum atomic E-state index is 12.1. The lowest BCUT2D eigenvalue weighted by atomic mass is 10.1. The van der Waals surface area contributed by atoms with Crippen LogP contribution < -0.4 is 10.6 Å². The van der Waals surface area contributed by atoms with E-state index in [1.54, 1.807) is 12.1 Å². The van der Waals surface area contributed by atoms with E-state index < -0.39 is 6.03 Å². The van der Waals surface area contributed by atoms with Gasteiger partial charge in [-0.1, -0.05) is 48.5 Å². The highest BCUT2D eigenvalue weighted by Gasteiger charge is 2.22. The molecular weight excluding hydrogens is 342 g/mol. The Bertz CT molecular complexity index is 729. The molecule has 6 heteroatoms. The molecule has 2 aromatic rings. The first kappa shape index (κ1) is 19.1. The summed E-state index contributed by atoms with van der Waals surface area (Å²) in [5.74, 6) is -0.299. The fourth-order valence-electron chi connectivity index (χ4n) is 3.08. The molecule has 0 radical (unpaired) electrons. The molecule has 1 fully saturated rings. The number of benzene rings is 2. The van der Waals surface area contributed by atoms with Crippen molar-refractivity contribution in [2.24, 2.45) is 0 Å². The SMILES string of the molecule is O=C(CN1CCC(OCc2ccccc2)CC1)NC(=O)Nc1ccccc1. The molecule has 142 valence electrons. The molecule has 0 unspecified atom stereocenters. The molecule has 0 saturated carbocycles. The summed E-state index contributed by atoms with van der Waals surface area (Å²) in [6, 6.07) is 18.7. The Morgan fingerprint density at radius 3 is 2.26 bits per heavy atom. The Balaban J connectivity index is 1.33. The second-order valence-electron chi connectivity index (χ2n) is 6.64. The first-order valence-electron chi connectivity index (χ1n) is 9.23. The van der Waals surface area contributed by atoms with Crippen molar-refractivity contribution >= 4 is 17.6 Å². The Hall–Kier alpha value is -2.70. The van der Waals surface area contributed by atoms with Gasteiger partial charge in [-0.25, -0.2) is 4.79 Å². The lowest BCUT2D eigenvalue weighted by Gasteiger charge is -2.31. The van der Waals surface area contributed by atoms with Crippen LogP contribution >= 0.6 is 0 Å². The molecule has 0 aliphatic carbocycles. The van der Waals surface area contributed by atoms with Crippen LogP contribution in [-0.4, -0.2) is 42.6 Å². The summed E-state index contributed by atoms with van der Waals surface area (Å²) in [6.45, 7) is 2.40. The third-order valence-corrected chi connectivity index (χ3v) is 4.51. The monoisotopic (exact) mass is 367 g/mol. The second kappa shape index (κ2) is 9.85. The number of likely N-dealkylation sites (tertiary alicyclic amines) is 1. The standard InChI is InChI=1S/C21H25N3O3/c25-20(23-21(26)22-18-9-5-2-6-10-18)15-24-13-11-19(12-14-24)27-16-17-7-3-1-4-8-17/h1-10,19H,11-16H2,(H2,22,23,25,26). The zero-order valence-corrected chi connectivity index (χ0v) is 15.3. The van der Waals surface area contributed by atoms with E-state index in [4.69, 9.17) is 4.74 Å². The molecule has 27 heavy (non-hydrogen) atoms. The van der Waals surface area contributed by atoms with Crippen LogP contribution in [0.1, 0.15) is 18.4 Å². The number of hydrogen-bond acceptors (Lipinski definition) is 4. The number of carbonyl (C=O) groups excluding carboxylic acids is 2. The topological polar surface area (TPSA) is 70.7 Å². The second-order valence-corrected chi connectivity index (χ2v) is 6.64. The van der Waals surface area contributed by atoms with Crippen molar-refractivity contribution in [3.05, 3.63) is 66.2 Å². The minimum atomic E-state index is -0.507. The van der Waals surface area contributed by atoms with Crippen LogP contribution in [0.2, 0.25) is 0 Å². The number of para-hydroxylation sites is 1. The summed E-state index contributed by atoms with van der Waals surface area (Å²) in [5, 5.41) is 5.01. The molecule has 1 aliphatic heterocycles. The van der Waals surface area contributed by atoms with Crippen molar-refractivity contribution < 1.29 is 14.3 Å². The number of urea groups is 1. The van der Waals surface area contributed by atoms with Gasteiger partial charge in [0.05, 0.1) is 19.3 Å². The average molecular weight is 367 g/mol. The number of carbonyl (C=O) groups is 2. The van der Waals surface area contributed by atoms with Crippen LogP contribution in [0.25, 0.3) is 0 Å². The predicted octanol–water partition coefficient (Wildman–Crippen LogP) is 3.02. The number of amides is 3. The fraction of sp³-hybridized carbons (Fsp3) is 0.333. The Labute approximate surface area is 159 Å². The van der Waals surface area contributed by atoms with Gasteiger partial charge in [0.1, 0.15) is 0 Å². The Morgan fingerprint density at radius 2 is 1.59 bits per heavy atom. The Kier molecular flexibility index (Phi) is 6.96. The van der Waals surface area contributed by atoms with Crippen LogP contribution in [0.5, 0.6) is 0 Å². The summed E-state index contributed by atoms with van der Waals surface area (Å²) in [7, 11) is 0.